The summed E-state index contributed by atoms with van der Waals surface area (Å²) in [7, 11) is 0. The summed E-state index contributed by atoms with van der Waals surface area (Å²) in [6.07, 6.45) is 5.36. The van der Waals surface area contributed by atoms with Crippen molar-refractivity contribution in [1.82, 2.24) is 10.2 Å². The van der Waals surface area contributed by atoms with Crippen LogP contribution < -0.4 is 5.32 Å². The molecule has 0 bridgehead atoms. The number of hydrogen-bond acceptors (Lipinski definition) is 2. The van der Waals surface area contributed by atoms with Gasteiger partial charge in [0.2, 0.25) is 0 Å². The third-order valence-corrected chi connectivity index (χ3v) is 5.07. The van der Waals surface area contributed by atoms with E-state index in [0.717, 1.165) is 12.0 Å². The summed E-state index contributed by atoms with van der Waals surface area (Å²) in [6, 6.07) is 7.93. The van der Waals surface area contributed by atoms with Gasteiger partial charge in [-0.2, -0.15) is 0 Å². The topological polar surface area (TPSA) is 15.3 Å². The first-order chi connectivity index (χ1) is 9.72. The number of benzene rings is 1. The zero-order valence-corrected chi connectivity index (χ0v) is 13.0. The van der Waals surface area contributed by atoms with Crippen molar-refractivity contribution in [2.24, 2.45) is 0 Å². The average molecular weight is 272 g/mol. The molecule has 0 atom stereocenters. The van der Waals surface area contributed by atoms with Crippen molar-refractivity contribution >= 4 is 0 Å². The van der Waals surface area contributed by atoms with E-state index < -0.39 is 0 Å². The maximum absolute atomic E-state index is 3.47. The predicted octanol–water partition coefficient (Wildman–Crippen LogP) is 3.23. The second kappa shape index (κ2) is 6.28. The van der Waals surface area contributed by atoms with Crippen LogP contribution in [0.25, 0.3) is 0 Å². The van der Waals surface area contributed by atoms with Crippen LogP contribution in [0.2, 0.25) is 0 Å². The second-order valence-corrected chi connectivity index (χ2v) is 6.71. The lowest BCUT2D eigenvalue weighted by atomic mass is 9.86. The third kappa shape index (κ3) is 3.24. The fourth-order valence-corrected chi connectivity index (χ4v) is 4.02. The number of aryl methyl sites for hydroxylation is 2. The molecule has 110 valence electrons. The highest BCUT2D eigenvalue weighted by Gasteiger charge is 2.26. The van der Waals surface area contributed by atoms with E-state index in [1.165, 1.54) is 63.0 Å². The van der Waals surface area contributed by atoms with Crippen LogP contribution in [0.1, 0.15) is 48.3 Å². The molecule has 0 aromatic heterocycles. The SMILES string of the molecule is Cc1cc(C)cc(C2CCN(C3CCNCC3)CC2)c1. The quantitative estimate of drug-likeness (QED) is 0.889. The monoisotopic (exact) mass is 272 g/mol. The minimum Gasteiger partial charge on any atom is -0.317 e. The van der Waals surface area contributed by atoms with Crippen molar-refractivity contribution in [3.8, 4) is 0 Å². The Morgan fingerprint density at radius 3 is 2.10 bits per heavy atom. The van der Waals surface area contributed by atoms with E-state index in [-0.39, 0.29) is 0 Å². The van der Waals surface area contributed by atoms with Gasteiger partial charge in [0, 0.05) is 6.04 Å². The average Bonchev–Trinajstić information content (AvgIpc) is 2.47. The molecule has 2 heteroatoms. The lowest BCUT2D eigenvalue weighted by molar-refractivity contribution is 0.127. The van der Waals surface area contributed by atoms with Crippen molar-refractivity contribution in [2.45, 2.75) is 51.5 Å². The maximum Gasteiger partial charge on any atom is 0.0119 e. The van der Waals surface area contributed by atoms with Crippen LogP contribution >= 0.6 is 0 Å². The molecule has 0 unspecified atom stereocenters. The van der Waals surface area contributed by atoms with E-state index in [1.54, 1.807) is 5.56 Å². The van der Waals surface area contributed by atoms with Gasteiger partial charge in [-0.3, -0.25) is 0 Å². The summed E-state index contributed by atoms with van der Waals surface area (Å²) in [5.74, 6) is 0.784. The molecule has 2 nitrogen and oxygen atoms in total. The van der Waals surface area contributed by atoms with Crippen molar-refractivity contribution in [3.63, 3.8) is 0 Å². The Kier molecular flexibility index (Phi) is 4.42. The second-order valence-electron chi connectivity index (χ2n) is 6.71. The Morgan fingerprint density at radius 2 is 1.50 bits per heavy atom. The number of hydrogen-bond donors (Lipinski definition) is 1. The number of rotatable bonds is 2. The van der Waals surface area contributed by atoms with Crippen molar-refractivity contribution in [3.05, 3.63) is 34.9 Å². The lowest BCUT2D eigenvalue weighted by Crippen LogP contribution is -2.46. The largest absolute Gasteiger partial charge is 0.317 e. The number of nitrogens with one attached hydrogen (secondary N) is 1. The van der Waals surface area contributed by atoms with Crippen LogP contribution in [-0.2, 0) is 0 Å². The van der Waals surface area contributed by atoms with Gasteiger partial charge in [0.25, 0.3) is 0 Å². The smallest absolute Gasteiger partial charge is 0.0119 e. The number of nitrogens with zero attached hydrogens (tertiary/aromatic N) is 1. The van der Waals surface area contributed by atoms with Gasteiger partial charge < -0.3 is 10.2 Å². The highest BCUT2D eigenvalue weighted by Crippen LogP contribution is 2.31. The minimum atomic E-state index is 0.784. The summed E-state index contributed by atoms with van der Waals surface area (Å²) >= 11 is 0. The minimum absolute atomic E-state index is 0.784. The number of piperidine rings is 2. The molecule has 0 saturated carbocycles. The van der Waals surface area contributed by atoms with Gasteiger partial charge in [-0.15, -0.1) is 0 Å². The predicted molar refractivity (Wildman–Crippen MR) is 85.4 cm³/mol. The van der Waals surface area contributed by atoms with E-state index in [1.807, 2.05) is 0 Å². The fraction of sp³-hybridized carbons (Fsp3) is 0.667. The summed E-state index contributed by atoms with van der Waals surface area (Å²) in [4.78, 5) is 2.75. The van der Waals surface area contributed by atoms with Crippen LogP contribution in [0.5, 0.6) is 0 Å². The first-order valence-corrected chi connectivity index (χ1v) is 8.25. The molecule has 1 aromatic carbocycles. The molecule has 2 aliphatic heterocycles. The van der Waals surface area contributed by atoms with Crippen LogP contribution in [0.3, 0.4) is 0 Å². The Morgan fingerprint density at radius 1 is 0.900 bits per heavy atom. The van der Waals surface area contributed by atoms with Crippen LogP contribution in [0, 0.1) is 13.8 Å². The molecule has 2 saturated heterocycles. The summed E-state index contributed by atoms with van der Waals surface area (Å²) in [5.41, 5.74) is 4.41. The molecule has 1 aromatic rings. The highest BCUT2D eigenvalue weighted by atomic mass is 15.2. The van der Waals surface area contributed by atoms with Gasteiger partial charge in [0.15, 0.2) is 0 Å². The number of likely N-dealkylation sites (tertiary alicyclic amines) is 1. The van der Waals surface area contributed by atoms with Gasteiger partial charge in [0.1, 0.15) is 0 Å². The molecule has 0 radical (unpaired) electrons. The van der Waals surface area contributed by atoms with Crippen LogP contribution in [-0.4, -0.2) is 37.1 Å². The van der Waals surface area contributed by atoms with E-state index in [2.05, 4.69) is 42.3 Å². The van der Waals surface area contributed by atoms with Gasteiger partial charge in [0.05, 0.1) is 0 Å². The normalized spacial score (nSPS) is 23.1. The molecule has 3 rings (SSSR count). The third-order valence-electron chi connectivity index (χ3n) is 5.07. The van der Waals surface area contributed by atoms with Crippen molar-refractivity contribution in [1.29, 1.82) is 0 Å². The molecule has 2 heterocycles. The molecule has 0 amide bonds. The zero-order chi connectivity index (χ0) is 13.9. The van der Waals surface area contributed by atoms with Crippen molar-refractivity contribution < 1.29 is 0 Å². The van der Waals surface area contributed by atoms with Gasteiger partial charge in [-0.25, -0.2) is 0 Å². The van der Waals surface area contributed by atoms with Crippen LogP contribution in [0.4, 0.5) is 0 Å². The fourth-order valence-electron chi connectivity index (χ4n) is 4.02. The maximum atomic E-state index is 3.47. The molecule has 20 heavy (non-hydrogen) atoms. The molecule has 2 aliphatic rings. The van der Waals surface area contributed by atoms with Crippen LogP contribution in [0.15, 0.2) is 18.2 Å². The first kappa shape index (κ1) is 14.1. The van der Waals surface area contributed by atoms with Gasteiger partial charge in [-0.1, -0.05) is 29.3 Å². The van der Waals surface area contributed by atoms with Gasteiger partial charge in [-0.05, 0) is 77.2 Å². The summed E-state index contributed by atoms with van der Waals surface area (Å²) in [6.45, 7) is 9.45. The first-order valence-electron chi connectivity index (χ1n) is 8.25. The van der Waals surface area contributed by atoms with Gasteiger partial charge >= 0.3 is 0 Å². The Bertz CT molecular complexity index is 420. The highest BCUT2D eigenvalue weighted by molar-refractivity contribution is 5.31. The standard InChI is InChI=1S/C18H28N2/c1-14-11-15(2)13-17(12-14)16-5-9-20(10-6-16)18-3-7-19-8-4-18/h11-13,16,18-19H,3-10H2,1-2H3. The summed E-state index contributed by atoms with van der Waals surface area (Å²) < 4.78 is 0. The summed E-state index contributed by atoms with van der Waals surface area (Å²) in [5, 5.41) is 3.47. The van der Waals surface area contributed by atoms with E-state index in [0.29, 0.717) is 0 Å². The molecule has 0 spiro atoms. The molecular weight excluding hydrogens is 244 g/mol. The Balaban J connectivity index is 1.60. The van der Waals surface area contributed by atoms with E-state index in [9.17, 15) is 0 Å². The molecule has 1 N–H and O–H groups in total. The lowest BCUT2D eigenvalue weighted by Gasteiger charge is -2.39. The zero-order valence-electron chi connectivity index (χ0n) is 13.0. The van der Waals surface area contributed by atoms with E-state index in [4.69, 9.17) is 0 Å². The Hall–Kier alpha value is -0.860. The molecular formula is C18H28N2. The Labute approximate surface area is 123 Å². The molecule has 0 aliphatic carbocycles. The van der Waals surface area contributed by atoms with Crippen molar-refractivity contribution in [2.75, 3.05) is 26.2 Å². The van der Waals surface area contributed by atoms with E-state index >= 15 is 0 Å². The molecule has 2 fully saturated rings.